The highest BCUT2D eigenvalue weighted by Gasteiger charge is 2.26. The summed E-state index contributed by atoms with van der Waals surface area (Å²) in [6.45, 7) is 2.13. The van der Waals surface area contributed by atoms with Crippen LogP contribution in [0.4, 0.5) is 0 Å². The van der Waals surface area contributed by atoms with Crippen molar-refractivity contribution in [2.45, 2.75) is 63.3 Å². The molecule has 2 rings (SSSR count). The minimum atomic E-state index is -0.220. The molecule has 0 amide bonds. The SMILES string of the molecule is OC1CCCCCC1OC1CCNCC1. The van der Waals surface area contributed by atoms with Crippen LogP contribution in [0.15, 0.2) is 0 Å². The highest BCUT2D eigenvalue weighted by molar-refractivity contribution is 4.77. The van der Waals surface area contributed by atoms with Crippen LogP contribution in [0.2, 0.25) is 0 Å². The molecule has 0 aromatic heterocycles. The molecule has 1 aliphatic carbocycles. The molecule has 2 fully saturated rings. The Kier molecular flexibility index (Phi) is 4.42. The lowest BCUT2D eigenvalue weighted by Gasteiger charge is -2.29. The van der Waals surface area contributed by atoms with Gasteiger partial charge in [0.15, 0.2) is 0 Å². The van der Waals surface area contributed by atoms with Crippen LogP contribution in [0.25, 0.3) is 0 Å². The Morgan fingerprint density at radius 2 is 1.67 bits per heavy atom. The van der Waals surface area contributed by atoms with E-state index < -0.39 is 0 Å². The maximum atomic E-state index is 9.94. The fraction of sp³-hybridized carbons (Fsp3) is 1.00. The first kappa shape index (κ1) is 11.4. The number of piperidine rings is 1. The fourth-order valence-electron chi connectivity index (χ4n) is 2.59. The van der Waals surface area contributed by atoms with Crippen LogP contribution in [0.5, 0.6) is 0 Å². The summed E-state index contributed by atoms with van der Waals surface area (Å²) in [5.41, 5.74) is 0. The maximum Gasteiger partial charge on any atom is 0.0837 e. The van der Waals surface area contributed by atoms with Gasteiger partial charge in [0, 0.05) is 0 Å². The first-order chi connectivity index (χ1) is 7.36. The molecule has 1 heterocycles. The predicted molar refractivity (Wildman–Crippen MR) is 59.9 cm³/mol. The van der Waals surface area contributed by atoms with E-state index in [9.17, 15) is 5.11 Å². The molecule has 3 nitrogen and oxygen atoms in total. The fourth-order valence-corrected chi connectivity index (χ4v) is 2.59. The molecule has 2 N–H and O–H groups in total. The second-order valence-corrected chi connectivity index (χ2v) is 4.83. The van der Waals surface area contributed by atoms with Crippen molar-refractivity contribution in [1.29, 1.82) is 0 Å². The van der Waals surface area contributed by atoms with Crippen LogP contribution >= 0.6 is 0 Å². The average molecular weight is 213 g/mol. The number of rotatable bonds is 2. The molecule has 2 atom stereocenters. The second-order valence-electron chi connectivity index (χ2n) is 4.83. The summed E-state index contributed by atoms with van der Waals surface area (Å²) < 4.78 is 6.03. The number of ether oxygens (including phenoxy) is 1. The van der Waals surface area contributed by atoms with Crippen molar-refractivity contribution in [3.8, 4) is 0 Å². The molecule has 3 heteroatoms. The molecule has 1 aliphatic heterocycles. The lowest BCUT2D eigenvalue weighted by atomic mass is 10.1. The van der Waals surface area contributed by atoms with Gasteiger partial charge < -0.3 is 15.2 Å². The monoisotopic (exact) mass is 213 g/mol. The van der Waals surface area contributed by atoms with Gasteiger partial charge in [-0.15, -0.1) is 0 Å². The first-order valence-corrected chi connectivity index (χ1v) is 6.40. The smallest absolute Gasteiger partial charge is 0.0837 e. The number of nitrogens with one attached hydrogen (secondary N) is 1. The van der Waals surface area contributed by atoms with E-state index in [4.69, 9.17) is 4.74 Å². The normalized spacial score (nSPS) is 35.0. The summed E-state index contributed by atoms with van der Waals surface area (Å²) in [4.78, 5) is 0. The van der Waals surface area contributed by atoms with Crippen molar-refractivity contribution >= 4 is 0 Å². The van der Waals surface area contributed by atoms with Crippen molar-refractivity contribution in [3.63, 3.8) is 0 Å². The molecule has 2 unspecified atom stereocenters. The van der Waals surface area contributed by atoms with Crippen molar-refractivity contribution in [2.24, 2.45) is 0 Å². The van der Waals surface area contributed by atoms with Crippen molar-refractivity contribution in [3.05, 3.63) is 0 Å². The summed E-state index contributed by atoms with van der Waals surface area (Å²) in [6.07, 6.45) is 8.07. The second kappa shape index (κ2) is 5.83. The van der Waals surface area contributed by atoms with E-state index >= 15 is 0 Å². The Balaban J connectivity index is 1.79. The highest BCUT2D eigenvalue weighted by Crippen LogP contribution is 2.23. The zero-order valence-corrected chi connectivity index (χ0v) is 9.45. The van der Waals surface area contributed by atoms with Gasteiger partial charge in [0.05, 0.1) is 18.3 Å². The van der Waals surface area contributed by atoms with Crippen molar-refractivity contribution in [1.82, 2.24) is 5.32 Å². The van der Waals surface area contributed by atoms with Gasteiger partial charge in [0.25, 0.3) is 0 Å². The van der Waals surface area contributed by atoms with E-state index in [2.05, 4.69) is 5.32 Å². The number of aliphatic hydroxyl groups is 1. The summed E-state index contributed by atoms with van der Waals surface area (Å²) in [5.74, 6) is 0. The van der Waals surface area contributed by atoms with E-state index in [-0.39, 0.29) is 12.2 Å². The Morgan fingerprint density at radius 1 is 0.933 bits per heavy atom. The van der Waals surface area contributed by atoms with Crippen LogP contribution in [0, 0.1) is 0 Å². The van der Waals surface area contributed by atoms with Crippen molar-refractivity contribution in [2.75, 3.05) is 13.1 Å². The molecular weight excluding hydrogens is 190 g/mol. The minimum Gasteiger partial charge on any atom is -0.390 e. The van der Waals surface area contributed by atoms with Crippen LogP contribution < -0.4 is 5.32 Å². The Labute approximate surface area is 92.2 Å². The summed E-state index contributed by atoms with van der Waals surface area (Å²) in [6, 6.07) is 0. The number of aliphatic hydroxyl groups excluding tert-OH is 1. The third-order valence-electron chi connectivity index (χ3n) is 3.57. The third kappa shape index (κ3) is 3.44. The zero-order valence-electron chi connectivity index (χ0n) is 9.45. The van der Waals surface area contributed by atoms with Gasteiger partial charge >= 0.3 is 0 Å². The van der Waals surface area contributed by atoms with E-state index in [0.717, 1.165) is 45.2 Å². The lowest BCUT2D eigenvalue weighted by molar-refractivity contribution is -0.0869. The van der Waals surface area contributed by atoms with E-state index in [0.29, 0.717) is 6.10 Å². The third-order valence-corrected chi connectivity index (χ3v) is 3.57. The Bertz CT molecular complexity index is 180. The zero-order chi connectivity index (χ0) is 10.5. The molecular formula is C12H23NO2. The molecule has 1 saturated heterocycles. The van der Waals surface area contributed by atoms with Crippen molar-refractivity contribution < 1.29 is 9.84 Å². The topological polar surface area (TPSA) is 41.5 Å². The molecule has 0 radical (unpaired) electrons. The maximum absolute atomic E-state index is 9.94. The standard InChI is InChI=1S/C12H23NO2/c14-11-4-2-1-3-5-12(11)15-10-6-8-13-9-7-10/h10-14H,1-9H2. The Hall–Kier alpha value is -0.120. The van der Waals surface area contributed by atoms with E-state index in [1.165, 1.54) is 12.8 Å². The number of hydrogen-bond donors (Lipinski definition) is 2. The molecule has 0 aromatic carbocycles. The Morgan fingerprint density at radius 3 is 2.47 bits per heavy atom. The molecule has 2 aliphatic rings. The van der Waals surface area contributed by atoms with Crippen LogP contribution in [0.3, 0.4) is 0 Å². The lowest BCUT2D eigenvalue weighted by Crippen LogP contribution is -2.38. The highest BCUT2D eigenvalue weighted by atomic mass is 16.5. The van der Waals surface area contributed by atoms with Gasteiger partial charge in [-0.25, -0.2) is 0 Å². The summed E-state index contributed by atoms with van der Waals surface area (Å²) >= 11 is 0. The largest absolute Gasteiger partial charge is 0.390 e. The molecule has 88 valence electrons. The van der Waals surface area contributed by atoms with E-state index in [1.807, 2.05) is 0 Å². The average Bonchev–Trinajstić information content (AvgIpc) is 2.46. The quantitative estimate of drug-likeness (QED) is 0.682. The molecule has 0 bridgehead atoms. The van der Waals surface area contributed by atoms with Gasteiger partial charge in [-0.2, -0.15) is 0 Å². The van der Waals surface area contributed by atoms with Gasteiger partial charge in [-0.05, 0) is 38.8 Å². The van der Waals surface area contributed by atoms with Gasteiger partial charge in [0.1, 0.15) is 0 Å². The minimum absolute atomic E-state index is 0.107. The van der Waals surface area contributed by atoms with Crippen LogP contribution in [0.1, 0.15) is 44.9 Å². The summed E-state index contributed by atoms with van der Waals surface area (Å²) in [7, 11) is 0. The molecule has 0 aromatic rings. The van der Waals surface area contributed by atoms with Crippen LogP contribution in [-0.4, -0.2) is 36.5 Å². The van der Waals surface area contributed by atoms with E-state index in [1.54, 1.807) is 0 Å². The first-order valence-electron chi connectivity index (χ1n) is 6.40. The molecule has 15 heavy (non-hydrogen) atoms. The van der Waals surface area contributed by atoms with Gasteiger partial charge in [0.2, 0.25) is 0 Å². The molecule has 0 spiro atoms. The predicted octanol–water partition coefficient (Wildman–Crippen LogP) is 1.45. The van der Waals surface area contributed by atoms with Gasteiger partial charge in [-0.3, -0.25) is 0 Å². The number of hydrogen-bond acceptors (Lipinski definition) is 3. The van der Waals surface area contributed by atoms with Gasteiger partial charge in [-0.1, -0.05) is 19.3 Å². The summed E-state index contributed by atoms with van der Waals surface area (Å²) in [5, 5.41) is 13.3. The molecule has 1 saturated carbocycles. The van der Waals surface area contributed by atoms with Crippen LogP contribution in [-0.2, 0) is 4.74 Å².